The SMILES string of the molecule is NC1CCC(C(=O)N2CCN(C(=O)CCC3CCCCC3)CC2)C1. The van der Waals surface area contributed by atoms with E-state index in [4.69, 9.17) is 5.73 Å². The van der Waals surface area contributed by atoms with Crippen LogP contribution in [0.1, 0.15) is 64.2 Å². The molecule has 136 valence electrons. The minimum Gasteiger partial charge on any atom is -0.339 e. The molecule has 0 radical (unpaired) electrons. The van der Waals surface area contributed by atoms with Crippen molar-refractivity contribution >= 4 is 11.8 Å². The van der Waals surface area contributed by atoms with Crippen LogP contribution in [0.15, 0.2) is 0 Å². The Labute approximate surface area is 145 Å². The number of carbonyl (C=O) groups is 2. The van der Waals surface area contributed by atoms with Gasteiger partial charge in [-0.1, -0.05) is 32.1 Å². The minimum atomic E-state index is 0.119. The van der Waals surface area contributed by atoms with Gasteiger partial charge in [-0.3, -0.25) is 9.59 Å². The van der Waals surface area contributed by atoms with Crippen LogP contribution in [0.4, 0.5) is 0 Å². The zero-order valence-corrected chi connectivity index (χ0v) is 14.9. The fourth-order valence-electron chi connectivity index (χ4n) is 4.64. The van der Waals surface area contributed by atoms with Gasteiger partial charge in [0.25, 0.3) is 0 Å². The van der Waals surface area contributed by atoms with Crippen LogP contribution in [0.5, 0.6) is 0 Å². The first-order valence-electron chi connectivity index (χ1n) is 9.95. The summed E-state index contributed by atoms with van der Waals surface area (Å²) in [4.78, 5) is 28.9. The topological polar surface area (TPSA) is 66.6 Å². The molecule has 2 unspecified atom stereocenters. The van der Waals surface area contributed by atoms with Crippen LogP contribution in [0.3, 0.4) is 0 Å². The highest BCUT2D eigenvalue weighted by Crippen LogP contribution is 2.28. The van der Waals surface area contributed by atoms with Crippen LogP contribution >= 0.6 is 0 Å². The Morgan fingerprint density at radius 2 is 1.54 bits per heavy atom. The predicted octanol–water partition coefficient (Wildman–Crippen LogP) is 2.15. The van der Waals surface area contributed by atoms with Gasteiger partial charge in [0.15, 0.2) is 0 Å². The molecule has 1 aliphatic heterocycles. The maximum atomic E-state index is 12.5. The molecule has 0 spiro atoms. The summed E-state index contributed by atoms with van der Waals surface area (Å²) in [5.74, 6) is 1.43. The Bertz CT molecular complexity index is 440. The van der Waals surface area contributed by atoms with Crippen LogP contribution in [0.2, 0.25) is 0 Å². The summed E-state index contributed by atoms with van der Waals surface area (Å²) in [6.07, 6.45) is 11.1. The second kappa shape index (κ2) is 8.32. The summed E-state index contributed by atoms with van der Waals surface area (Å²) in [6.45, 7) is 2.79. The van der Waals surface area contributed by atoms with E-state index in [-0.39, 0.29) is 23.8 Å². The first-order chi connectivity index (χ1) is 11.6. The molecular weight excluding hydrogens is 302 g/mol. The number of piperazine rings is 1. The van der Waals surface area contributed by atoms with Gasteiger partial charge in [-0.2, -0.15) is 0 Å². The van der Waals surface area contributed by atoms with Crippen LogP contribution in [-0.2, 0) is 9.59 Å². The van der Waals surface area contributed by atoms with Crippen molar-refractivity contribution in [2.45, 2.75) is 70.3 Å². The van der Waals surface area contributed by atoms with E-state index in [2.05, 4.69) is 0 Å². The predicted molar refractivity (Wildman–Crippen MR) is 94.3 cm³/mol. The minimum absolute atomic E-state index is 0.119. The molecule has 3 aliphatic rings. The second-order valence-electron chi connectivity index (χ2n) is 8.02. The van der Waals surface area contributed by atoms with Gasteiger partial charge < -0.3 is 15.5 Å². The van der Waals surface area contributed by atoms with Gasteiger partial charge in [-0.05, 0) is 31.6 Å². The van der Waals surface area contributed by atoms with Crippen molar-refractivity contribution in [3.05, 3.63) is 0 Å². The quantitative estimate of drug-likeness (QED) is 0.856. The summed E-state index contributed by atoms with van der Waals surface area (Å²) in [6, 6.07) is 0.196. The van der Waals surface area contributed by atoms with E-state index in [1.54, 1.807) is 0 Å². The molecule has 0 aromatic carbocycles. The van der Waals surface area contributed by atoms with Crippen molar-refractivity contribution in [3.8, 4) is 0 Å². The van der Waals surface area contributed by atoms with Gasteiger partial charge in [0, 0.05) is 44.6 Å². The molecule has 0 aromatic rings. The Morgan fingerprint density at radius 3 is 2.17 bits per heavy atom. The van der Waals surface area contributed by atoms with Crippen LogP contribution in [-0.4, -0.2) is 53.8 Å². The number of amides is 2. The Kier molecular flexibility index (Phi) is 6.14. The maximum absolute atomic E-state index is 12.5. The number of hydrogen-bond donors (Lipinski definition) is 1. The first-order valence-corrected chi connectivity index (χ1v) is 9.95. The lowest BCUT2D eigenvalue weighted by Crippen LogP contribution is -2.51. The Hall–Kier alpha value is -1.10. The molecule has 5 nitrogen and oxygen atoms in total. The van der Waals surface area contributed by atoms with Gasteiger partial charge >= 0.3 is 0 Å². The molecule has 3 fully saturated rings. The molecule has 1 heterocycles. The largest absolute Gasteiger partial charge is 0.339 e. The lowest BCUT2D eigenvalue weighted by Gasteiger charge is -2.36. The molecule has 5 heteroatoms. The summed E-state index contributed by atoms with van der Waals surface area (Å²) in [5.41, 5.74) is 5.93. The lowest BCUT2D eigenvalue weighted by molar-refractivity contribution is -0.142. The molecular formula is C19H33N3O2. The first kappa shape index (κ1) is 17.7. The van der Waals surface area contributed by atoms with E-state index in [1.165, 1.54) is 32.1 Å². The van der Waals surface area contributed by atoms with Gasteiger partial charge in [-0.15, -0.1) is 0 Å². The van der Waals surface area contributed by atoms with Gasteiger partial charge in [0.05, 0.1) is 0 Å². The van der Waals surface area contributed by atoms with E-state index in [0.29, 0.717) is 32.6 Å². The Balaban J connectivity index is 1.38. The molecule has 1 saturated heterocycles. The van der Waals surface area contributed by atoms with Crippen molar-refractivity contribution in [1.29, 1.82) is 0 Å². The van der Waals surface area contributed by atoms with Crippen molar-refractivity contribution in [1.82, 2.24) is 9.80 Å². The normalized spacial score (nSPS) is 29.0. The highest BCUT2D eigenvalue weighted by Gasteiger charge is 2.33. The van der Waals surface area contributed by atoms with E-state index < -0.39 is 0 Å². The highest BCUT2D eigenvalue weighted by molar-refractivity contribution is 5.80. The zero-order valence-electron chi connectivity index (χ0n) is 14.9. The third kappa shape index (κ3) is 4.50. The average Bonchev–Trinajstić information content (AvgIpc) is 3.06. The number of carbonyl (C=O) groups excluding carboxylic acids is 2. The summed E-state index contributed by atoms with van der Waals surface area (Å²) in [7, 11) is 0. The molecule has 3 rings (SSSR count). The van der Waals surface area contributed by atoms with Crippen molar-refractivity contribution < 1.29 is 9.59 Å². The Morgan fingerprint density at radius 1 is 0.875 bits per heavy atom. The average molecular weight is 335 g/mol. The molecule has 0 bridgehead atoms. The second-order valence-corrected chi connectivity index (χ2v) is 8.02. The molecule has 2 atom stereocenters. The smallest absolute Gasteiger partial charge is 0.225 e. The standard InChI is InChI=1S/C19H33N3O2/c20-17-8-7-16(14-17)19(24)22-12-10-21(11-13-22)18(23)9-6-15-4-2-1-3-5-15/h15-17H,1-14,20H2. The van der Waals surface area contributed by atoms with Gasteiger partial charge in [0.1, 0.15) is 0 Å². The molecule has 2 N–H and O–H groups in total. The summed E-state index contributed by atoms with van der Waals surface area (Å²) in [5, 5.41) is 0. The van der Waals surface area contributed by atoms with E-state index in [1.807, 2.05) is 9.80 Å². The summed E-state index contributed by atoms with van der Waals surface area (Å²) < 4.78 is 0. The molecule has 2 amide bonds. The van der Waals surface area contributed by atoms with Crippen molar-refractivity contribution in [2.75, 3.05) is 26.2 Å². The van der Waals surface area contributed by atoms with E-state index in [9.17, 15) is 9.59 Å². The summed E-state index contributed by atoms with van der Waals surface area (Å²) >= 11 is 0. The monoisotopic (exact) mass is 335 g/mol. The third-order valence-electron chi connectivity index (χ3n) is 6.26. The van der Waals surface area contributed by atoms with Crippen molar-refractivity contribution in [2.24, 2.45) is 17.6 Å². The number of rotatable bonds is 4. The number of nitrogens with zero attached hydrogens (tertiary/aromatic N) is 2. The fraction of sp³-hybridized carbons (Fsp3) is 0.895. The van der Waals surface area contributed by atoms with Gasteiger partial charge in [0.2, 0.25) is 11.8 Å². The maximum Gasteiger partial charge on any atom is 0.225 e. The van der Waals surface area contributed by atoms with Crippen LogP contribution in [0.25, 0.3) is 0 Å². The van der Waals surface area contributed by atoms with E-state index >= 15 is 0 Å². The highest BCUT2D eigenvalue weighted by atomic mass is 16.2. The zero-order chi connectivity index (χ0) is 16.9. The van der Waals surface area contributed by atoms with E-state index in [0.717, 1.165) is 31.6 Å². The molecule has 0 aromatic heterocycles. The van der Waals surface area contributed by atoms with Gasteiger partial charge in [-0.25, -0.2) is 0 Å². The lowest BCUT2D eigenvalue weighted by atomic mass is 9.86. The van der Waals surface area contributed by atoms with Crippen molar-refractivity contribution in [3.63, 3.8) is 0 Å². The molecule has 2 aliphatic carbocycles. The molecule has 24 heavy (non-hydrogen) atoms. The van der Waals surface area contributed by atoms with Crippen LogP contribution in [0, 0.1) is 11.8 Å². The number of nitrogens with two attached hydrogens (primary N) is 1. The third-order valence-corrected chi connectivity index (χ3v) is 6.26. The number of hydrogen-bond acceptors (Lipinski definition) is 3. The van der Waals surface area contributed by atoms with Crippen LogP contribution < -0.4 is 5.73 Å². The fourth-order valence-corrected chi connectivity index (χ4v) is 4.64. The molecule has 2 saturated carbocycles.